The van der Waals surface area contributed by atoms with E-state index >= 15 is 0 Å². The number of carbonyl (C=O) groups is 1. The Bertz CT molecular complexity index is 748. The minimum absolute atomic E-state index is 0. The van der Waals surface area contributed by atoms with E-state index in [-0.39, 0.29) is 41.2 Å². The molecule has 3 saturated carbocycles. The van der Waals surface area contributed by atoms with Crippen LogP contribution in [0.3, 0.4) is 0 Å². The molecular weight excluding hydrogens is 543 g/mol. The van der Waals surface area contributed by atoms with Crippen molar-refractivity contribution in [3.05, 3.63) is 34.3 Å². The molecule has 1 aromatic rings. The molecule has 3 fully saturated rings. The molecule has 3 N–H and O–H groups in total. The Labute approximate surface area is 199 Å². The summed E-state index contributed by atoms with van der Waals surface area (Å²) in [6, 6.07) is 9.28. The molecule has 7 heteroatoms. The van der Waals surface area contributed by atoms with Gasteiger partial charge >= 0.3 is 0 Å². The van der Waals surface area contributed by atoms with Gasteiger partial charge in [0.1, 0.15) is 0 Å². The molecule has 3 aliphatic rings. The van der Waals surface area contributed by atoms with E-state index in [0.717, 1.165) is 51.0 Å². The number of nitrogens with one attached hydrogen (secondary N) is 3. The third kappa shape index (κ3) is 5.87. The maximum atomic E-state index is 12.4. The maximum Gasteiger partial charge on any atom is 0.223 e. The number of aliphatic imine (C=N–C) groups is 1. The fourth-order valence-corrected chi connectivity index (χ4v) is 5.04. The smallest absolute Gasteiger partial charge is 0.223 e. The Balaban J connectivity index is 0.00000240. The van der Waals surface area contributed by atoms with Crippen molar-refractivity contribution in [2.45, 2.75) is 68.9 Å². The zero-order valence-corrected chi connectivity index (χ0v) is 21.0. The largest absolute Gasteiger partial charge is 0.356 e. The van der Waals surface area contributed by atoms with Crippen molar-refractivity contribution in [2.24, 2.45) is 10.9 Å². The minimum Gasteiger partial charge on any atom is -0.356 e. The lowest BCUT2D eigenvalue weighted by Crippen LogP contribution is -2.48. The summed E-state index contributed by atoms with van der Waals surface area (Å²) in [5.74, 6) is 1.24. The Morgan fingerprint density at radius 3 is 2.55 bits per heavy atom. The van der Waals surface area contributed by atoms with E-state index in [1.54, 1.807) is 0 Å². The quantitative estimate of drug-likeness (QED) is 0.272. The molecule has 29 heavy (non-hydrogen) atoms. The third-order valence-electron chi connectivity index (χ3n) is 6.43. The lowest BCUT2D eigenvalue weighted by atomic mass is 9.85. The van der Waals surface area contributed by atoms with Crippen LogP contribution in [0.4, 0.5) is 0 Å². The number of halogens is 2. The highest BCUT2D eigenvalue weighted by Crippen LogP contribution is 2.49. The van der Waals surface area contributed by atoms with E-state index in [2.05, 4.69) is 61.1 Å². The Kier molecular flexibility index (Phi) is 7.87. The van der Waals surface area contributed by atoms with Gasteiger partial charge in [-0.15, -0.1) is 24.0 Å². The molecule has 1 amide bonds. The number of hydrogen-bond donors (Lipinski definition) is 3. The van der Waals surface area contributed by atoms with Gasteiger partial charge in [0.15, 0.2) is 5.96 Å². The second-order valence-electron chi connectivity index (χ2n) is 8.67. The van der Waals surface area contributed by atoms with Crippen LogP contribution >= 0.6 is 39.9 Å². The van der Waals surface area contributed by atoms with E-state index in [0.29, 0.717) is 12.1 Å². The number of rotatable bonds is 6. The minimum atomic E-state index is 0. The molecule has 1 aromatic carbocycles. The van der Waals surface area contributed by atoms with Crippen molar-refractivity contribution in [3.8, 4) is 0 Å². The van der Waals surface area contributed by atoms with E-state index in [4.69, 9.17) is 0 Å². The average Bonchev–Trinajstić information content (AvgIpc) is 3.62. The van der Waals surface area contributed by atoms with Crippen molar-refractivity contribution in [3.63, 3.8) is 0 Å². The first-order valence-electron chi connectivity index (χ1n) is 10.6. The standard InChI is InChI=1S/C22H31BrN4O.HI/c1-24-21(25-14-22(11-12-22)18-7-2-3-8-19(18)23)27-17-6-4-5-15(13-17)20(28)26-16-9-10-16;/h2-3,7-8,15-17H,4-6,9-14H2,1H3,(H,26,28)(H2,24,25,27);1H. The van der Waals surface area contributed by atoms with Crippen LogP contribution < -0.4 is 16.0 Å². The monoisotopic (exact) mass is 574 g/mol. The van der Waals surface area contributed by atoms with Gasteiger partial charge in [-0.05, 0) is 56.6 Å². The second kappa shape index (κ2) is 9.98. The molecule has 160 valence electrons. The fraction of sp³-hybridized carbons (Fsp3) is 0.636. The van der Waals surface area contributed by atoms with E-state index in [9.17, 15) is 4.79 Å². The van der Waals surface area contributed by atoms with E-state index in [1.165, 1.54) is 22.9 Å². The summed E-state index contributed by atoms with van der Waals surface area (Å²) in [4.78, 5) is 16.9. The highest BCUT2D eigenvalue weighted by molar-refractivity contribution is 14.0. The summed E-state index contributed by atoms with van der Waals surface area (Å²) < 4.78 is 1.19. The molecule has 0 spiro atoms. The number of nitrogens with zero attached hydrogens (tertiary/aromatic N) is 1. The van der Waals surface area contributed by atoms with Crippen molar-refractivity contribution in [1.82, 2.24) is 16.0 Å². The fourth-order valence-electron chi connectivity index (χ4n) is 4.33. The van der Waals surface area contributed by atoms with Gasteiger partial charge in [-0.1, -0.05) is 40.5 Å². The van der Waals surface area contributed by atoms with Gasteiger partial charge in [-0.25, -0.2) is 0 Å². The molecule has 2 atom stereocenters. The first-order chi connectivity index (χ1) is 13.6. The summed E-state index contributed by atoms with van der Waals surface area (Å²) >= 11 is 3.71. The molecule has 2 unspecified atom stereocenters. The first kappa shape index (κ1) is 22.8. The van der Waals surface area contributed by atoms with Gasteiger partial charge < -0.3 is 16.0 Å². The molecule has 4 rings (SSSR count). The van der Waals surface area contributed by atoms with Crippen LogP contribution in [0, 0.1) is 5.92 Å². The Morgan fingerprint density at radius 2 is 1.90 bits per heavy atom. The van der Waals surface area contributed by atoms with E-state index in [1.807, 2.05) is 7.05 Å². The van der Waals surface area contributed by atoms with Crippen LogP contribution in [-0.2, 0) is 10.2 Å². The van der Waals surface area contributed by atoms with Gasteiger partial charge in [-0.2, -0.15) is 0 Å². The summed E-state index contributed by atoms with van der Waals surface area (Å²) in [5.41, 5.74) is 1.59. The Hall–Kier alpha value is -0.830. The van der Waals surface area contributed by atoms with Crippen LogP contribution in [0.1, 0.15) is 56.9 Å². The van der Waals surface area contributed by atoms with Crippen LogP contribution in [0.2, 0.25) is 0 Å². The SMILES string of the molecule is CN=C(NCC1(c2ccccc2Br)CC1)NC1CCCC(C(=O)NC2CC2)C1.I. The van der Waals surface area contributed by atoms with Crippen LogP contribution in [0.5, 0.6) is 0 Å². The maximum absolute atomic E-state index is 12.4. The van der Waals surface area contributed by atoms with Crippen molar-refractivity contribution in [2.75, 3.05) is 13.6 Å². The molecule has 0 radical (unpaired) electrons. The predicted molar refractivity (Wildman–Crippen MR) is 132 cm³/mol. The molecule has 0 heterocycles. The van der Waals surface area contributed by atoms with Gasteiger partial charge in [-0.3, -0.25) is 9.79 Å². The first-order valence-corrected chi connectivity index (χ1v) is 11.4. The zero-order chi connectivity index (χ0) is 19.6. The second-order valence-corrected chi connectivity index (χ2v) is 9.53. The lowest BCUT2D eigenvalue weighted by molar-refractivity contribution is -0.126. The van der Waals surface area contributed by atoms with Crippen molar-refractivity contribution in [1.29, 1.82) is 0 Å². The molecule has 0 bridgehead atoms. The van der Waals surface area contributed by atoms with Crippen LogP contribution in [0.25, 0.3) is 0 Å². The highest BCUT2D eigenvalue weighted by atomic mass is 127. The summed E-state index contributed by atoms with van der Waals surface area (Å²) in [6.45, 7) is 0.883. The molecule has 3 aliphatic carbocycles. The van der Waals surface area contributed by atoms with E-state index < -0.39 is 0 Å². The Morgan fingerprint density at radius 1 is 1.14 bits per heavy atom. The number of hydrogen-bond acceptors (Lipinski definition) is 2. The molecule has 0 aromatic heterocycles. The zero-order valence-electron chi connectivity index (χ0n) is 17.0. The number of amides is 1. The predicted octanol–water partition coefficient (Wildman–Crippen LogP) is 4.10. The summed E-state index contributed by atoms with van der Waals surface area (Å²) in [5, 5.41) is 10.3. The van der Waals surface area contributed by atoms with Gasteiger partial charge in [0.2, 0.25) is 5.91 Å². The van der Waals surface area contributed by atoms with Crippen molar-refractivity contribution >= 4 is 51.8 Å². The topological polar surface area (TPSA) is 65.5 Å². The summed E-state index contributed by atoms with van der Waals surface area (Å²) in [6.07, 6.45) is 8.80. The third-order valence-corrected chi connectivity index (χ3v) is 7.12. The number of carbonyl (C=O) groups excluding carboxylic acids is 1. The molecule has 5 nitrogen and oxygen atoms in total. The molecule has 0 aliphatic heterocycles. The molecule has 0 saturated heterocycles. The molecular formula is C22H32BrIN4O. The highest BCUT2D eigenvalue weighted by Gasteiger charge is 2.45. The number of guanidine groups is 1. The van der Waals surface area contributed by atoms with Crippen molar-refractivity contribution < 1.29 is 4.79 Å². The van der Waals surface area contributed by atoms with Crippen LogP contribution in [-0.4, -0.2) is 37.5 Å². The lowest BCUT2D eigenvalue weighted by Gasteiger charge is -2.30. The average molecular weight is 575 g/mol. The van der Waals surface area contributed by atoms with Gasteiger partial charge in [0.05, 0.1) is 0 Å². The van der Waals surface area contributed by atoms with Crippen LogP contribution in [0.15, 0.2) is 33.7 Å². The van der Waals surface area contributed by atoms with Gasteiger partial charge in [0.25, 0.3) is 0 Å². The number of benzene rings is 1. The normalized spacial score (nSPS) is 25.5. The summed E-state index contributed by atoms with van der Waals surface area (Å²) in [7, 11) is 1.83. The van der Waals surface area contributed by atoms with Gasteiger partial charge in [0, 0.05) is 41.5 Å².